The minimum atomic E-state index is -4.65. The van der Waals surface area contributed by atoms with Crippen molar-refractivity contribution in [1.82, 2.24) is 10.2 Å². The molecule has 96 valence electrons. The van der Waals surface area contributed by atoms with Crippen LogP contribution in [0.15, 0.2) is 0 Å². The number of nitrogens with zero attached hydrogens (tertiary/aromatic N) is 1. The monoisotopic (exact) mass is 252 g/mol. The van der Waals surface area contributed by atoms with Gasteiger partial charge in [0.25, 0.3) is 0 Å². The highest BCUT2D eigenvalue weighted by Crippen LogP contribution is 2.17. The van der Waals surface area contributed by atoms with Gasteiger partial charge in [0.05, 0.1) is 0 Å². The van der Waals surface area contributed by atoms with Gasteiger partial charge < -0.3 is 10.2 Å². The van der Waals surface area contributed by atoms with Gasteiger partial charge >= 0.3 is 18.4 Å². The molecule has 0 rings (SSSR count). The van der Waals surface area contributed by atoms with Crippen LogP contribution in [0.4, 0.5) is 31.1 Å². The van der Waals surface area contributed by atoms with Gasteiger partial charge in [-0.05, 0) is 6.92 Å². The van der Waals surface area contributed by atoms with E-state index in [2.05, 4.69) is 0 Å². The van der Waals surface area contributed by atoms with Crippen LogP contribution in [-0.4, -0.2) is 42.9 Å². The van der Waals surface area contributed by atoms with Gasteiger partial charge in [-0.15, -0.1) is 0 Å². The number of alkyl halides is 6. The van der Waals surface area contributed by atoms with E-state index in [1.54, 1.807) is 0 Å². The molecule has 0 aliphatic carbocycles. The molecule has 0 heterocycles. The second kappa shape index (κ2) is 5.26. The third-order valence-corrected chi connectivity index (χ3v) is 1.48. The van der Waals surface area contributed by atoms with Gasteiger partial charge in [-0.25, -0.2) is 4.79 Å². The fourth-order valence-electron chi connectivity index (χ4n) is 0.831. The number of nitrogens with one attached hydrogen (secondary N) is 1. The zero-order valence-corrected chi connectivity index (χ0v) is 8.24. The Hall–Kier alpha value is -1.15. The fraction of sp³-hybridized carbons (Fsp3) is 0.857. The van der Waals surface area contributed by atoms with Crippen molar-refractivity contribution < 1.29 is 31.1 Å². The Morgan fingerprint density at radius 3 is 1.94 bits per heavy atom. The van der Waals surface area contributed by atoms with E-state index >= 15 is 0 Å². The van der Waals surface area contributed by atoms with E-state index < -0.39 is 31.5 Å². The Bertz CT molecular complexity index is 236. The summed E-state index contributed by atoms with van der Waals surface area (Å²) in [6, 6.07) is -1.39. The molecule has 0 saturated heterocycles. The second-order valence-electron chi connectivity index (χ2n) is 2.90. The summed E-state index contributed by atoms with van der Waals surface area (Å²) in [7, 11) is 0. The SMILES string of the molecule is CCN(CC(F)(F)F)C(=O)NCC(F)(F)F. The first kappa shape index (κ1) is 14.8. The summed E-state index contributed by atoms with van der Waals surface area (Å²) in [5.41, 5.74) is 0. The lowest BCUT2D eigenvalue weighted by Gasteiger charge is -2.22. The van der Waals surface area contributed by atoms with E-state index in [0.29, 0.717) is 0 Å². The van der Waals surface area contributed by atoms with Crippen LogP contribution in [0.5, 0.6) is 0 Å². The smallest absolute Gasteiger partial charge is 0.329 e. The van der Waals surface area contributed by atoms with Crippen molar-refractivity contribution in [2.45, 2.75) is 19.3 Å². The van der Waals surface area contributed by atoms with Crippen LogP contribution >= 0.6 is 0 Å². The summed E-state index contributed by atoms with van der Waals surface area (Å²) in [5, 5.41) is 1.36. The second-order valence-corrected chi connectivity index (χ2v) is 2.90. The predicted octanol–water partition coefficient (Wildman–Crippen LogP) is 2.14. The third-order valence-electron chi connectivity index (χ3n) is 1.48. The maximum Gasteiger partial charge on any atom is 0.406 e. The molecule has 0 atom stereocenters. The number of carbonyl (C=O) groups is 1. The Balaban J connectivity index is 4.22. The molecule has 0 aromatic rings. The standard InChI is InChI=1S/C7H10F6N2O/c1-2-15(4-7(11,12)13)5(16)14-3-6(8,9)10/h2-4H2,1H3,(H,14,16). The number of rotatable bonds is 3. The normalized spacial score (nSPS) is 12.4. The van der Waals surface area contributed by atoms with Crippen molar-refractivity contribution in [2.75, 3.05) is 19.6 Å². The Morgan fingerprint density at radius 1 is 1.12 bits per heavy atom. The number of urea groups is 1. The highest BCUT2D eigenvalue weighted by atomic mass is 19.4. The molecule has 1 N–H and O–H groups in total. The number of amides is 2. The molecule has 0 aromatic heterocycles. The average molecular weight is 252 g/mol. The lowest BCUT2D eigenvalue weighted by Crippen LogP contribution is -2.47. The van der Waals surface area contributed by atoms with Crippen molar-refractivity contribution in [1.29, 1.82) is 0 Å². The molecule has 0 radical (unpaired) electrons. The van der Waals surface area contributed by atoms with Gasteiger partial charge in [-0.2, -0.15) is 26.3 Å². The maximum absolute atomic E-state index is 11.9. The van der Waals surface area contributed by atoms with E-state index in [9.17, 15) is 31.1 Å². The van der Waals surface area contributed by atoms with E-state index in [0.717, 1.165) is 0 Å². The van der Waals surface area contributed by atoms with Crippen LogP contribution in [0.2, 0.25) is 0 Å². The number of hydrogen-bond acceptors (Lipinski definition) is 1. The predicted molar refractivity (Wildman–Crippen MR) is 42.8 cm³/mol. The molecule has 9 heteroatoms. The Morgan fingerprint density at radius 2 is 1.62 bits per heavy atom. The van der Waals surface area contributed by atoms with E-state index in [1.807, 2.05) is 0 Å². The van der Waals surface area contributed by atoms with Gasteiger partial charge in [-0.1, -0.05) is 0 Å². The quantitative estimate of drug-likeness (QED) is 0.767. The van der Waals surface area contributed by atoms with Gasteiger partial charge in [0.2, 0.25) is 0 Å². The summed E-state index contributed by atoms with van der Waals surface area (Å²) in [5.74, 6) is 0. The zero-order chi connectivity index (χ0) is 13.0. The molecule has 0 bridgehead atoms. The maximum atomic E-state index is 11.9. The molecular formula is C7H10F6N2O. The zero-order valence-electron chi connectivity index (χ0n) is 8.24. The minimum absolute atomic E-state index is 0.242. The van der Waals surface area contributed by atoms with Crippen molar-refractivity contribution in [2.24, 2.45) is 0 Å². The topological polar surface area (TPSA) is 32.3 Å². The Labute approximate surface area is 87.4 Å². The summed E-state index contributed by atoms with van der Waals surface area (Å²) in [6.45, 7) is -2.32. The summed E-state index contributed by atoms with van der Waals surface area (Å²) >= 11 is 0. The molecule has 0 aromatic carbocycles. The van der Waals surface area contributed by atoms with Gasteiger partial charge in [0.15, 0.2) is 0 Å². The Kier molecular flexibility index (Phi) is 4.88. The van der Waals surface area contributed by atoms with Crippen LogP contribution in [0.3, 0.4) is 0 Å². The molecule has 0 aliphatic rings. The van der Waals surface area contributed by atoms with Crippen molar-refractivity contribution >= 4 is 6.03 Å². The highest BCUT2D eigenvalue weighted by molar-refractivity contribution is 5.74. The molecular weight excluding hydrogens is 242 g/mol. The highest BCUT2D eigenvalue weighted by Gasteiger charge is 2.34. The van der Waals surface area contributed by atoms with Crippen LogP contribution in [0.25, 0.3) is 0 Å². The van der Waals surface area contributed by atoms with E-state index in [-0.39, 0.29) is 11.4 Å². The lowest BCUT2D eigenvalue weighted by molar-refractivity contribution is -0.140. The molecule has 0 aliphatic heterocycles. The van der Waals surface area contributed by atoms with Crippen molar-refractivity contribution in [3.63, 3.8) is 0 Å². The summed E-state index contributed by atoms with van der Waals surface area (Å²) < 4.78 is 70.6. The average Bonchev–Trinajstić information content (AvgIpc) is 2.07. The molecule has 0 fully saturated rings. The van der Waals surface area contributed by atoms with Crippen LogP contribution in [0, 0.1) is 0 Å². The molecule has 16 heavy (non-hydrogen) atoms. The minimum Gasteiger partial charge on any atom is -0.329 e. The first-order valence-corrected chi connectivity index (χ1v) is 4.21. The molecule has 3 nitrogen and oxygen atoms in total. The molecule has 0 unspecified atom stereocenters. The van der Waals surface area contributed by atoms with Crippen molar-refractivity contribution in [3.05, 3.63) is 0 Å². The third kappa shape index (κ3) is 7.18. The first-order chi connectivity index (χ1) is 7.05. The number of halogens is 6. The largest absolute Gasteiger partial charge is 0.406 e. The molecule has 2 amide bonds. The molecule has 0 saturated carbocycles. The van der Waals surface area contributed by atoms with Crippen LogP contribution in [-0.2, 0) is 0 Å². The van der Waals surface area contributed by atoms with Gasteiger partial charge in [-0.3, -0.25) is 0 Å². The van der Waals surface area contributed by atoms with E-state index in [1.165, 1.54) is 12.2 Å². The first-order valence-electron chi connectivity index (χ1n) is 4.21. The lowest BCUT2D eigenvalue weighted by atomic mass is 10.5. The van der Waals surface area contributed by atoms with Crippen LogP contribution in [0.1, 0.15) is 6.92 Å². The van der Waals surface area contributed by atoms with Gasteiger partial charge in [0, 0.05) is 6.54 Å². The van der Waals surface area contributed by atoms with Gasteiger partial charge in [0.1, 0.15) is 13.1 Å². The summed E-state index contributed by atoms with van der Waals surface area (Å²) in [6.07, 6.45) is -9.28. The number of hydrogen-bond donors (Lipinski definition) is 1. The molecule has 0 spiro atoms. The van der Waals surface area contributed by atoms with Crippen LogP contribution < -0.4 is 5.32 Å². The number of carbonyl (C=O) groups excluding carboxylic acids is 1. The summed E-state index contributed by atoms with van der Waals surface area (Å²) in [4.78, 5) is 11.2. The van der Waals surface area contributed by atoms with E-state index in [4.69, 9.17) is 0 Å². The van der Waals surface area contributed by atoms with Crippen molar-refractivity contribution in [3.8, 4) is 0 Å². The fourth-order valence-corrected chi connectivity index (χ4v) is 0.831.